The Labute approximate surface area is 140 Å². The summed E-state index contributed by atoms with van der Waals surface area (Å²) in [6, 6.07) is 10.3. The average Bonchev–Trinajstić information content (AvgIpc) is 2.55. The zero-order valence-corrected chi connectivity index (χ0v) is 13.7. The molecule has 0 fully saturated rings. The van der Waals surface area contributed by atoms with E-state index >= 15 is 0 Å². The number of halogens is 1. The minimum atomic E-state index is -0.244. The molecule has 7 heteroatoms. The summed E-state index contributed by atoms with van der Waals surface area (Å²) in [5, 5.41) is 3.35. The highest BCUT2D eigenvalue weighted by Gasteiger charge is 2.09. The lowest BCUT2D eigenvalue weighted by atomic mass is 10.3. The number of carbonyl (C=O) groups excluding carboxylic acids is 1. The molecule has 1 aromatic carbocycles. The molecular formula is C16H18ClN3O3. The van der Waals surface area contributed by atoms with Gasteiger partial charge in [0.1, 0.15) is 12.4 Å². The second-order valence-electron chi connectivity index (χ2n) is 4.75. The van der Waals surface area contributed by atoms with Crippen LogP contribution in [0.15, 0.2) is 42.6 Å². The summed E-state index contributed by atoms with van der Waals surface area (Å²) in [7, 11) is 3.22. The molecule has 0 radical (unpaired) electrons. The van der Waals surface area contributed by atoms with Crippen molar-refractivity contribution in [3.8, 4) is 11.6 Å². The molecule has 6 nitrogen and oxygen atoms in total. The van der Waals surface area contributed by atoms with Crippen LogP contribution in [0.25, 0.3) is 0 Å². The van der Waals surface area contributed by atoms with E-state index < -0.39 is 0 Å². The number of likely N-dealkylation sites (N-methyl/N-ethyl adjacent to an activating group) is 1. The van der Waals surface area contributed by atoms with Crippen LogP contribution in [-0.2, 0) is 0 Å². The Kier molecular flexibility index (Phi) is 6.05. The Bertz CT molecular complexity index is 649. The lowest BCUT2D eigenvalue weighted by Gasteiger charge is -2.18. The maximum Gasteiger partial charge on any atom is 0.321 e. The number of anilines is 1. The summed E-state index contributed by atoms with van der Waals surface area (Å²) in [6.45, 7) is 0.799. The van der Waals surface area contributed by atoms with Gasteiger partial charge < -0.3 is 19.7 Å². The monoisotopic (exact) mass is 335 g/mol. The lowest BCUT2D eigenvalue weighted by molar-refractivity contribution is 0.207. The summed E-state index contributed by atoms with van der Waals surface area (Å²) < 4.78 is 10.5. The first-order valence-electron chi connectivity index (χ1n) is 6.99. The van der Waals surface area contributed by atoms with E-state index in [1.54, 1.807) is 31.3 Å². The SMILES string of the molecule is COc1ccc(NC(=O)N(C)CCOc2cccc(Cl)c2)cn1. The van der Waals surface area contributed by atoms with Gasteiger partial charge in [0.2, 0.25) is 5.88 Å². The van der Waals surface area contributed by atoms with Crippen molar-refractivity contribution in [3.63, 3.8) is 0 Å². The summed E-state index contributed by atoms with van der Waals surface area (Å²) in [6.07, 6.45) is 1.53. The molecule has 1 aromatic heterocycles. The second-order valence-corrected chi connectivity index (χ2v) is 5.18. The molecule has 0 spiro atoms. The molecule has 23 heavy (non-hydrogen) atoms. The highest BCUT2D eigenvalue weighted by Crippen LogP contribution is 2.17. The Morgan fingerprint density at radius 2 is 2.17 bits per heavy atom. The van der Waals surface area contributed by atoms with Crippen LogP contribution in [-0.4, -0.2) is 43.2 Å². The highest BCUT2D eigenvalue weighted by atomic mass is 35.5. The van der Waals surface area contributed by atoms with E-state index in [-0.39, 0.29) is 6.03 Å². The van der Waals surface area contributed by atoms with E-state index in [2.05, 4.69) is 10.3 Å². The van der Waals surface area contributed by atoms with Gasteiger partial charge >= 0.3 is 6.03 Å². The minimum Gasteiger partial charge on any atom is -0.492 e. The maximum atomic E-state index is 12.0. The van der Waals surface area contributed by atoms with Crippen molar-refractivity contribution < 1.29 is 14.3 Å². The van der Waals surface area contributed by atoms with Crippen molar-refractivity contribution in [2.75, 3.05) is 32.6 Å². The molecule has 0 bridgehead atoms. The fraction of sp³-hybridized carbons (Fsp3) is 0.250. The number of hydrogen-bond donors (Lipinski definition) is 1. The molecule has 2 rings (SSSR count). The zero-order chi connectivity index (χ0) is 16.7. The Hall–Kier alpha value is -2.47. The van der Waals surface area contributed by atoms with Gasteiger partial charge in [0.15, 0.2) is 0 Å². The molecule has 0 aliphatic carbocycles. The third kappa shape index (κ3) is 5.34. The van der Waals surface area contributed by atoms with Crippen molar-refractivity contribution in [1.82, 2.24) is 9.88 Å². The molecule has 0 aliphatic heterocycles. The number of amides is 2. The second kappa shape index (κ2) is 8.24. The van der Waals surface area contributed by atoms with Crippen molar-refractivity contribution in [2.24, 2.45) is 0 Å². The Morgan fingerprint density at radius 3 is 2.83 bits per heavy atom. The van der Waals surface area contributed by atoms with E-state index in [1.165, 1.54) is 18.2 Å². The molecule has 0 unspecified atom stereocenters. The van der Waals surface area contributed by atoms with E-state index in [4.69, 9.17) is 21.1 Å². The third-order valence-electron chi connectivity index (χ3n) is 3.03. The van der Waals surface area contributed by atoms with Gasteiger partial charge in [-0.2, -0.15) is 0 Å². The van der Waals surface area contributed by atoms with Crippen molar-refractivity contribution in [3.05, 3.63) is 47.6 Å². The van der Waals surface area contributed by atoms with E-state index in [0.29, 0.717) is 35.5 Å². The average molecular weight is 336 g/mol. The number of pyridine rings is 1. The van der Waals surface area contributed by atoms with Gasteiger partial charge in [0.25, 0.3) is 0 Å². The van der Waals surface area contributed by atoms with Gasteiger partial charge in [-0.1, -0.05) is 17.7 Å². The molecule has 1 heterocycles. The largest absolute Gasteiger partial charge is 0.492 e. The van der Waals surface area contributed by atoms with E-state index in [0.717, 1.165) is 0 Å². The van der Waals surface area contributed by atoms with Crippen LogP contribution >= 0.6 is 11.6 Å². The number of nitrogens with one attached hydrogen (secondary N) is 1. The molecule has 0 saturated heterocycles. The summed E-state index contributed by atoms with van der Waals surface area (Å²) in [4.78, 5) is 17.6. The number of benzene rings is 1. The topological polar surface area (TPSA) is 63.7 Å². The van der Waals surface area contributed by atoms with Crippen LogP contribution in [0.5, 0.6) is 11.6 Å². The molecule has 0 atom stereocenters. The van der Waals surface area contributed by atoms with Gasteiger partial charge in [0, 0.05) is 18.1 Å². The predicted molar refractivity (Wildman–Crippen MR) is 89.4 cm³/mol. The van der Waals surface area contributed by atoms with Crippen LogP contribution in [0.4, 0.5) is 10.5 Å². The first-order chi connectivity index (χ1) is 11.1. The number of rotatable bonds is 6. The Morgan fingerprint density at radius 1 is 1.35 bits per heavy atom. The fourth-order valence-electron chi connectivity index (χ4n) is 1.75. The van der Waals surface area contributed by atoms with Crippen molar-refractivity contribution in [1.29, 1.82) is 0 Å². The summed E-state index contributed by atoms with van der Waals surface area (Å²) in [5.41, 5.74) is 0.596. The van der Waals surface area contributed by atoms with Gasteiger partial charge in [-0.15, -0.1) is 0 Å². The zero-order valence-electron chi connectivity index (χ0n) is 13.0. The van der Waals surface area contributed by atoms with Crippen molar-refractivity contribution >= 4 is 23.3 Å². The number of nitrogens with zero attached hydrogens (tertiary/aromatic N) is 2. The summed E-state index contributed by atoms with van der Waals surface area (Å²) >= 11 is 5.88. The van der Waals surface area contributed by atoms with Crippen LogP contribution < -0.4 is 14.8 Å². The first-order valence-corrected chi connectivity index (χ1v) is 7.37. The number of urea groups is 1. The minimum absolute atomic E-state index is 0.244. The molecule has 1 N–H and O–H groups in total. The van der Waals surface area contributed by atoms with Gasteiger partial charge in [-0.25, -0.2) is 9.78 Å². The molecule has 0 saturated carbocycles. The number of ether oxygens (including phenoxy) is 2. The van der Waals surface area contributed by atoms with Gasteiger partial charge in [-0.3, -0.25) is 0 Å². The smallest absolute Gasteiger partial charge is 0.321 e. The number of methoxy groups -OCH3 is 1. The van der Waals surface area contributed by atoms with Gasteiger partial charge in [0.05, 0.1) is 25.5 Å². The number of carbonyl (C=O) groups is 1. The summed E-state index contributed by atoms with van der Waals surface area (Å²) in [5.74, 6) is 1.16. The van der Waals surface area contributed by atoms with Gasteiger partial charge in [-0.05, 0) is 24.3 Å². The third-order valence-corrected chi connectivity index (χ3v) is 3.27. The number of aromatic nitrogens is 1. The molecule has 2 aromatic rings. The molecule has 2 amide bonds. The first kappa shape index (κ1) is 16.9. The van der Waals surface area contributed by atoms with E-state index in [9.17, 15) is 4.79 Å². The standard InChI is InChI=1S/C16H18ClN3O3/c1-20(8-9-23-14-5-3-4-12(17)10-14)16(21)19-13-6-7-15(22-2)18-11-13/h3-7,10-11H,8-9H2,1-2H3,(H,19,21). The van der Waals surface area contributed by atoms with Crippen LogP contribution in [0.3, 0.4) is 0 Å². The normalized spacial score (nSPS) is 10.0. The number of hydrogen-bond acceptors (Lipinski definition) is 4. The quantitative estimate of drug-likeness (QED) is 0.879. The molecular weight excluding hydrogens is 318 g/mol. The van der Waals surface area contributed by atoms with Crippen molar-refractivity contribution in [2.45, 2.75) is 0 Å². The fourth-order valence-corrected chi connectivity index (χ4v) is 1.93. The van der Waals surface area contributed by atoms with Crippen LogP contribution in [0.2, 0.25) is 5.02 Å². The maximum absolute atomic E-state index is 12.0. The molecule has 0 aliphatic rings. The highest BCUT2D eigenvalue weighted by molar-refractivity contribution is 6.30. The lowest BCUT2D eigenvalue weighted by Crippen LogP contribution is -2.34. The Balaban J connectivity index is 1.78. The molecule has 122 valence electrons. The van der Waals surface area contributed by atoms with Crippen LogP contribution in [0.1, 0.15) is 0 Å². The van der Waals surface area contributed by atoms with Crippen LogP contribution in [0, 0.1) is 0 Å². The van der Waals surface area contributed by atoms with E-state index in [1.807, 2.05) is 12.1 Å². The predicted octanol–water partition coefficient (Wildman–Crippen LogP) is 3.29.